The van der Waals surface area contributed by atoms with Crippen LogP contribution in [0.25, 0.3) is 0 Å². The molecule has 0 aliphatic carbocycles. The molecule has 0 fully saturated rings. The molecule has 0 aliphatic heterocycles. The molecule has 1 aromatic heterocycles. The first-order valence-corrected chi connectivity index (χ1v) is 6.92. The van der Waals surface area contributed by atoms with Gasteiger partial charge >= 0.3 is 0 Å². The SMILES string of the molecule is Cc1cccc(NC(=O)c2sccc2Cl)c1/C(N)=N/O. The van der Waals surface area contributed by atoms with Crippen molar-refractivity contribution in [1.82, 2.24) is 0 Å². The van der Waals surface area contributed by atoms with Crippen LogP contribution < -0.4 is 11.1 Å². The number of amidine groups is 1. The minimum Gasteiger partial charge on any atom is -0.409 e. The highest BCUT2D eigenvalue weighted by Gasteiger charge is 2.16. The van der Waals surface area contributed by atoms with Gasteiger partial charge in [-0.15, -0.1) is 11.3 Å². The number of aryl methyl sites for hydroxylation is 1. The first-order chi connectivity index (χ1) is 9.54. The zero-order chi connectivity index (χ0) is 14.7. The Morgan fingerprint density at radius 1 is 1.45 bits per heavy atom. The minimum absolute atomic E-state index is 0.0596. The molecule has 4 N–H and O–H groups in total. The highest BCUT2D eigenvalue weighted by molar-refractivity contribution is 7.12. The molecule has 104 valence electrons. The van der Waals surface area contributed by atoms with Crippen LogP contribution in [0.1, 0.15) is 20.8 Å². The van der Waals surface area contributed by atoms with Crippen LogP contribution in [0.2, 0.25) is 5.02 Å². The maximum atomic E-state index is 12.1. The monoisotopic (exact) mass is 309 g/mol. The van der Waals surface area contributed by atoms with Gasteiger partial charge in [-0.3, -0.25) is 4.79 Å². The summed E-state index contributed by atoms with van der Waals surface area (Å²) in [7, 11) is 0. The van der Waals surface area contributed by atoms with Crippen molar-refractivity contribution in [1.29, 1.82) is 0 Å². The number of carbonyl (C=O) groups excluding carboxylic acids is 1. The molecular weight excluding hydrogens is 298 g/mol. The van der Waals surface area contributed by atoms with E-state index in [1.165, 1.54) is 11.3 Å². The number of oxime groups is 1. The molecule has 5 nitrogen and oxygen atoms in total. The minimum atomic E-state index is -0.331. The fourth-order valence-electron chi connectivity index (χ4n) is 1.80. The van der Waals surface area contributed by atoms with Crippen LogP contribution in [-0.4, -0.2) is 17.0 Å². The van der Waals surface area contributed by atoms with E-state index < -0.39 is 0 Å². The number of anilines is 1. The summed E-state index contributed by atoms with van der Waals surface area (Å²) >= 11 is 7.17. The van der Waals surface area contributed by atoms with Gasteiger partial charge in [0.25, 0.3) is 5.91 Å². The zero-order valence-electron chi connectivity index (χ0n) is 10.6. The van der Waals surface area contributed by atoms with Crippen molar-refractivity contribution >= 4 is 40.4 Å². The number of amides is 1. The molecule has 0 atom stereocenters. The molecule has 2 rings (SSSR count). The summed E-state index contributed by atoms with van der Waals surface area (Å²) in [4.78, 5) is 12.6. The Bertz CT molecular complexity index is 682. The van der Waals surface area contributed by atoms with Crippen LogP contribution in [0.4, 0.5) is 5.69 Å². The molecule has 0 saturated carbocycles. The van der Waals surface area contributed by atoms with E-state index in [2.05, 4.69) is 10.5 Å². The van der Waals surface area contributed by atoms with Crippen molar-refractivity contribution in [2.24, 2.45) is 10.9 Å². The predicted octanol–water partition coefficient (Wildman–Crippen LogP) is 3.06. The van der Waals surface area contributed by atoms with Gasteiger partial charge in [-0.1, -0.05) is 28.9 Å². The van der Waals surface area contributed by atoms with Crippen molar-refractivity contribution in [3.05, 3.63) is 50.7 Å². The van der Waals surface area contributed by atoms with Crippen LogP contribution in [0.3, 0.4) is 0 Å². The third-order valence-corrected chi connectivity index (χ3v) is 4.05. The number of thiophene rings is 1. The molecule has 0 bridgehead atoms. The predicted molar refractivity (Wildman–Crippen MR) is 81.0 cm³/mol. The van der Waals surface area contributed by atoms with Crippen LogP contribution in [-0.2, 0) is 0 Å². The summed E-state index contributed by atoms with van der Waals surface area (Å²) in [6.07, 6.45) is 0. The molecule has 0 unspecified atom stereocenters. The van der Waals surface area contributed by atoms with Gasteiger partial charge in [0.2, 0.25) is 0 Å². The maximum Gasteiger partial charge on any atom is 0.267 e. The third-order valence-electron chi connectivity index (χ3n) is 2.71. The van der Waals surface area contributed by atoms with Gasteiger partial charge in [0.1, 0.15) is 4.88 Å². The average Bonchev–Trinajstić information content (AvgIpc) is 2.84. The van der Waals surface area contributed by atoms with E-state index in [9.17, 15) is 4.79 Å². The van der Waals surface area contributed by atoms with Crippen LogP contribution in [0.15, 0.2) is 34.8 Å². The number of halogens is 1. The Morgan fingerprint density at radius 2 is 2.20 bits per heavy atom. The summed E-state index contributed by atoms with van der Waals surface area (Å²) in [5.74, 6) is -0.390. The van der Waals surface area contributed by atoms with Crippen molar-refractivity contribution in [3.63, 3.8) is 0 Å². The number of nitrogens with two attached hydrogens (primary N) is 1. The smallest absolute Gasteiger partial charge is 0.267 e. The van der Waals surface area contributed by atoms with E-state index >= 15 is 0 Å². The maximum absolute atomic E-state index is 12.1. The van der Waals surface area contributed by atoms with E-state index in [1.54, 1.807) is 36.6 Å². The quantitative estimate of drug-likeness (QED) is 0.352. The fourth-order valence-corrected chi connectivity index (χ4v) is 2.83. The molecule has 20 heavy (non-hydrogen) atoms. The number of hydrogen-bond acceptors (Lipinski definition) is 4. The zero-order valence-corrected chi connectivity index (χ0v) is 12.1. The Morgan fingerprint density at radius 3 is 2.80 bits per heavy atom. The van der Waals surface area contributed by atoms with Gasteiger partial charge in [-0.25, -0.2) is 0 Å². The molecule has 0 spiro atoms. The molecule has 0 radical (unpaired) electrons. The average molecular weight is 310 g/mol. The Hall–Kier alpha value is -2.05. The lowest BCUT2D eigenvalue weighted by Gasteiger charge is -2.12. The Labute approximate surface area is 124 Å². The lowest BCUT2D eigenvalue weighted by atomic mass is 10.1. The standard InChI is InChI=1S/C13H12ClN3O2S/c1-7-3-2-4-9(10(7)12(15)17-19)16-13(18)11-8(14)5-6-20-11/h2-6,19H,1H3,(H2,15,17)(H,16,18). The van der Waals surface area contributed by atoms with E-state index in [0.717, 1.165) is 5.56 Å². The van der Waals surface area contributed by atoms with Gasteiger partial charge in [0.15, 0.2) is 5.84 Å². The van der Waals surface area contributed by atoms with Crippen LogP contribution >= 0.6 is 22.9 Å². The highest BCUT2D eigenvalue weighted by atomic mass is 35.5. The lowest BCUT2D eigenvalue weighted by molar-refractivity contribution is 0.103. The van der Waals surface area contributed by atoms with Crippen LogP contribution in [0, 0.1) is 6.92 Å². The molecular formula is C13H12ClN3O2S. The van der Waals surface area contributed by atoms with Gasteiger partial charge in [0.05, 0.1) is 10.7 Å². The van der Waals surface area contributed by atoms with Gasteiger partial charge in [0, 0.05) is 5.56 Å². The fraction of sp³-hybridized carbons (Fsp3) is 0.0769. The summed E-state index contributed by atoms with van der Waals surface area (Å²) in [6, 6.07) is 6.91. The Balaban J connectivity index is 2.38. The van der Waals surface area contributed by atoms with E-state index in [4.69, 9.17) is 22.5 Å². The second-order valence-corrected chi connectivity index (χ2v) is 5.36. The van der Waals surface area contributed by atoms with Crippen molar-refractivity contribution in [2.45, 2.75) is 6.92 Å². The second-order valence-electron chi connectivity index (χ2n) is 4.03. The number of hydrogen-bond donors (Lipinski definition) is 3. The molecule has 1 amide bonds. The van der Waals surface area contributed by atoms with Gasteiger partial charge in [-0.2, -0.15) is 0 Å². The molecule has 0 saturated heterocycles. The number of benzene rings is 1. The summed E-state index contributed by atoms with van der Waals surface area (Å²) in [6.45, 7) is 1.81. The molecule has 1 heterocycles. The summed E-state index contributed by atoms with van der Waals surface area (Å²) in [5.41, 5.74) is 7.38. The van der Waals surface area contributed by atoms with Crippen molar-refractivity contribution in [3.8, 4) is 0 Å². The first kappa shape index (κ1) is 14.4. The highest BCUT2D eigenvalue weighted by Crippen LogP contribution is 2.25. The van der Waals surface area contributed by atoms with E-state index in [0.29, 0.717) is 21.2 Å². The topological polar surface area (TPSA) is 87.7 Å². The number of nitrogens with one attached hydrogen (secondary N) is 1. The normalized spacial score (nSPS) is 11.4. The van der Waals surface area contributed by atoms with E-state index in [-0.39, 0.29) is 11.7 Å². The van der Waals surface area contributed by atoms with Gasteiger partial charge < -0.3 is 16.3 Å². The second kappa shape index (κ2) is 5.94. The third kappa shape index (κ3) is 2.76. The number of rotatable bonds is 3. The Kier molecular flexibility index (Phi) is 4.26. The largest absolute Gasteiger partial charge is 0.409 e. The van der Waals surface area contributed by atoms with Crippen LogP contribution in [0.5, 0.6) is 0 Å². The number of nitrogens with zero attached hydrogens (tertiary/aromatic N) is 1. The molecule has 7 heteroatoms. The molecule has 1 aromatic carbocycles. The van der Waals surface area contributed by atoms with E-state index in [1.807, 2.05) is 0 Å². The molecule has 2 aromatic rings. The lowest BCUT2D eigenvalue weighted by Crippen LogP contribution is -2.20. The molecule has 0 aliphatic rings. The number of carbonyl (C=O) groups is 1. The van der Waals surface area contributed by atoms with Crippen molar-refractivity contribution < 1.29 is 10.0 Å². The first-order valence-electron chi connectivity index (χ1n) is 5.66. The summed E-state index contributed by atoms with van der Waals surface area (Å²) in [5, 5.41) is 16.7. The van der Waals surface area contributed by atoms with Gasteiger partial charge in [-0.05, 0) is 30.0 Å². The van der Waals surface area contributed by atoms with Crippen molar-refractivity contribution in [2.75, 3.05) is 5.32 Å². The summed E-state index contributed by atoms with van der Waals surface area (Å²) < 4.78 is 0.